The van der Waals surface area contributed by atoms with Crippen molar-refractivity contribution in [2.45, 2.75) is 6.42 Å². The predicted octanol–water partition coefficient (Wildman–Crippen LogP) is 5.99. The Kier molecular flexibility index (Phi) is 7.55. The minimum absolute atomic E-state index is 0.0257. The summed E-state index contributed by atoms with van der Waals surface area (Å²) in [5.41, 5.74) is 2.33. The van der Waals surface area contributed by atoms with E-state index in [1.165, 1.54) is 23.9 Å². The van der Waals surface area contributed by atoms with Gasteiger partial charge < -0.3 is 14.2 Å². The van der Waals surface area contributed by atoms with Gasteiger partial charge in [-0.25, -0.2) is 4.39 Å². The Morgan fingerprint density at radius 2 is 1.53 bits per heavy atom. The highest BCUT2D eigenvalue weighted by Crippen LogP contribution is 2.37. The summed E-state index contributed by atoms with van der Waals surface area (Å²) in [5.74, 6) is 1.46. The molecule has 0 aliphatic carbocycles. The smallest absolute Gasteiger partial charge is 0.283 e. The maximum absolute atomic E-state index is 13.4. The van der Waals surface area contributed by atoms with Gasteiger partial charge in [0, 0.05) is 11.8 Å². The molecule has 192 valence electrons. The largest absolute Gasteiger partial charge is 0.497 e. The third-order valence-corrected chi connectivity index (χ3v) is 6.66. The zero-order valence-corrected chi connectivity index (χ0v) is 21.3. The topological polar surface area (TPSA) is 84.2 Å². The van der Waals surface area contributed by atoms with Crippen molar-refractivity contribution in [1.29, 1.82) is 5.41 Å². The van der Waals surface area contributed by atoms with Crippen LogP contribution < -0.4 is 14.2 Å². The van der Waals surface area contributed by atoms with Crippen LogP contribution in [0.25, 0.3) is 11.8 Å². The van der Waals surface area contributed by atoms with Gasteiger partial charge in [0.1, 0.15) is 28.9 Å². The lowest BCUT2D eigenvalue weighted by Crippen LogP contribution is -2.38. The lowest BCUT2D eigenvalue weighted by Gasteiger charge is -2.26. The summed E-state index contributed by atoms with van der Waals surface area (Å²) in [6.07, 6.45) is 2.35. The van der Waals surface area contributed by atoms with Gasteiger partial charge in [-0.05, 0) is 77.9 Å². The van der Waals surface area contributed by atoms with Gasteiger partial charge in [-0.15, -0.1) is 0 Å². The molecule has 9 heteroatoms. The van der Waals surface area contributed by atoms with Crippen LogP contribution in [0.1, 0.15) is 17.5 Å². The number of hydrogen-bond acceptors (Lipinski definition) is 6. The zero-order chi connectivity index (χ0) is 26.5. The van der Waals surface area contributed by atoms with Gasteiger partial charge in [0.2, 0.25) is 0 Å². The van der Waals surface area contributed by atoms with Crippen molar-refractivity contribution in [3.63, 3.8) is 0 Å². The summed E-state index contributed by atoms with van der Waals surface area (Å²) >= 11 is 1.26. The minimum atomic E-state index is -0.473. The van der Waals surface area contributed by atoms with E-state index in [1.54, 1.807) is 30.2 Å². The molecule has 3 aromatic rings. The Labute approximate surface area is 223 Å². The Hall–Kier alpha value is -4.37. The number of aliphatic imine (C=N–C) groups is 1. The highest BCUT2D eigenvalue weighted by atomic mass is 32.2. The van der Waals surface area contributed by atoms with E-state index >= 15 is 0 Å². The van der Waals surface area contributed by atoms with Gasteiger partial charge in [0.25, 0.3) is 5.91 Å². The maximum atomic E-state index is 13.4. The minimum Gasteiger partial charge on any atom is -0.497 e. The van der Waals surface area contributed by atoms with Crippen molar-refractivity contribution >= 4 is 40.4 Å². The standard InChI is InChI=1S/C29H24FN3O4S/c1-35-22-11-13-24(14-12-22)37-16-2-15-36-23-9-3-19(4-10-23)17-25-27(31)33-26(18-38-29(33)32-28(25)34)20-5-7-21(30)8-6-20/h3-14,17-18,31H,2,15-16H2,1H3/b25-17-,31-27?. The van der Waals surface area contributed by atoms with E-state index < -0.39 is 5.91 Å². The molecular formula is C29H24FN3O4S. The summed E-state index contributed by atoms with van der Waals surface area (Å²) in [5, 5.41) is 10.9. The van der Waals surface area contributed by atoms with Crippen LogP contribution in [0, 0.1) is 11.2 Å². The summed E-state index contributed by atoms with van der Waals surface area (Å²) in [4.78, 5) is 18.5. The second-order valence-electron chi connectivity index (χ2n) is 8.36. The Morgan fingerprint density at radius 3 is 2.16 bits per heavy atom. The first-order valence-corrected chi connectivity index (χ1v) is 12.8. The van der Waals surface area contributed by atoms with Crippen molar-refractivity contribution in [1.82, 2.24) is 4.90 Å². The van der Waals surface area contributed by atoms with Crippen LogP contribution in [0.15, 0.2) is 88.8 Å². The van der Waals surface area contributed by atoms with E-state index in [1.807, 2.05) is 53.9 Å². The second kappa shape index (κ2) is 11.4. The van der Waals surface area contributed by atoms with E-state index in [2.05, 4.69) is 4.99 Å². The van der Waals surface area contributed by atoms with E-state index in [0.29, 0.717) is 36.2 Å². The molecule has 2 aliphatic heterocycles. The molecular weight excluding hydrogens is 505 g/mol. The second-order valence-corrected chi connectivity index (χ2v) is 9.20. The molecule has 0 spiro atoms. The van der Waals surface area contributed by atoms with Crippen LogP contribution in [-0.4, -0.2) is 42.1 Å². The molecule has 38 heavy (non-hydrogen) atoms. The van der Waals surface area contributed by atoms with Crippen LogP contribution in [0.3, 0.4) is 0 Å². The molecule has 0 bridgehead atoms. The molecule has 0 saturated heterocycles. The number of rotatable bonds is 9. The third-order valence-electron chi connectivity index (χ3n) is 5.83. The van der Waals surface area contributed by atoms with Crippen molar-refractivity contribution in [2.24, 2.45) is 4.99 Å². The van der Waals surface area contributed by atoms with E-state index in [-0.39, 0.29) is 17.2 Å². The van der Waals surface area contributed by atoms with Crippen LogP contribution in [-0.2, 0) is 4.79 Å². The number of nitrogens with one attached hydrogen (secondary N) is 1. The summed E-state index contributed by atoms with van der Waals surface area (Å²) in [7, 11) is 1.62. The van der Waals surface area contributed by atoms with Crippen LogP contribution >= 0.6 is 11.8 Å². The lowest BCUT2D eigenvalue weighted by atomic mass is 10.1. The fraction of sp³-hybridized carbons (Fsp3) is 0.138. The Balaban J connectivity index is 1.18. The zero-order valence-electron chi connectivity index (χ0n) is 20.5. The number of nitrogens with zero attached hydrogens (tertiary/aromatic N) is 2. The molecule has 0 radical (unpaired) electrons. The van der Waals surface area contributed by atoms with Gasteiger partial charge >= 0.3 is 0 Å². The quantitative estimate of drug-likeness (QED) is 0.271. The Morgan fingerprint density at radius 1 is 0.921 bits per heavy atom. The van der Waals surface area contributed by atoms with E-state index in [9.17, 15) is 9.18 Å². The number of benzene rings is 3. The molecule has 0 saturated carbocycles. The van der Waals surface area contributed by atoms with Crippen LogP contribution in [0.5, 0.6) is 17.2 Å². The average Bonchev–Trinajstić information content (AvgIpc) is 3.36. The number of halogens is 1. The maximum Gasteiger partial charge on any atom is 0.283 e. The normalized spacial score (nSPS) is 15.7. The number of carbonyl (C=O) groups excluding carboxylic acids is 1. The molecule has 2 aliphatic rings. The highest BCUT2D eigenvalue weighted by Gasteiger charge is 2.36. The molecule has 2 heterocycles. The SMILES string of the molecule is COc1ccc(OCCCOc2ccc(/C=C3/C(=N)N4C(c5ccc(F)cc5)=CSC4=NC3=O)cc2)cc1. The number of ether oxygens (including phenoxy) is 3. The first kappa shape index (κ1) is 25.3. The summed E-state index contributed by atoms with van der Waals surface area (Å²) < 4.78 is 30.0. The number of methoxy groups -OCH3 is 1. The van der Waals surface area contributed by atoms with Crippen molar-refractivity contribution in [3.8, 4) is 17.2 Å². The number of carbonyl (C=O) groups is 1. The average molecular weight is 530 g/mol. The molecule has 7 nitrogen and oxygen atoms in total. The number of fused-ring (bicyclic) bond motifs is 1. The van der Waals surface area contributed by atoms with Crippen molar-refractivity contribution in [3.05, 3.63) is 101 Å². The fourth-order valence-corrected chi connectivity index (χ4v) is 4.75. The van der Waals surface area contributed by atoms with Crippen molar-refractivity contribution < 1.29 is 23.4 Å². The first-order valence-electron chi connectivity index (χ1n) is 11.9. The number of amides is 1. The van der Waals surface area contributed by atoms with Crippen LogP contribution in [0.2, 0.25) is 0 Å². The molecule has 0 aromatic heterocycles. The number of thioether (sulfide) groups is 1. The van der Waals surface area contributed by atoms with E-state index in [4.69, 9.17) is 19.6 Å². The molecule has 0 unspecified atom stereocenters. The molecule has 0 fully saturated rings. The van der Waals surface area contributed by atoms with Crippen molar-refractivity contribution in [2.75, 3.05) is 20.3 Å². The monoisotopic (exact) mass is 529 g/mol. The first-order chi connectivity index (χ1) is 18.5. The lowest BCUT2D eigenvalue weighted by molar-refractivity contribution is -0.114. The molecule has 3 aromatic carbocycles. The molecule has 5 rings (SSSR count). The third kappa shape index (κ3) is 5.63. The van der Waals surface area contributed by atoms with Gasteiger partial charge in [-0.2, -0.15) is 4.99 Å². The van der Waals surface area contributed by atoms with Gasteiger partial charge in [0.05, 0.1) is 31.6 Å². The molecule has 0 atom stereocenters. The van der Waals surface area contributed by atoms with E-state index in [0.717, 1.165) is 22.6 Å². The van der Waals surface area contributed by atoms with Gasteiger partial charge in [-0.1, -0.05) is 23.9 Å². The molecule has 1 amide bonds. The number of hydrogen-bond donors (Lipinski definition) is 1. The highest BCUT2D eigenvalue weighted by molar-refractivity contribution is 8.17. The van der Waals surface area contributed by atoms with Crippen LogP contribution in [0.4, 0.5) is 4.39 Å². The Bertz CT molecular complexity index is 1430. The fourth-order valence-electron chi connectivity index (χ4n) is 3.86. The summed E-state index contributed by atoms with van der Waals surface area (Å²) in [6.45, 7) is 1.01. The number of amidine groups is 2. The van der Waals surface area contributed by atoms with Gasteiger partial charge in [-0.3, -0.25) is 15.1 Å². The predicted molar refractivity (Wildman–Crippen MR) is 147 cm³/mol. The molecule has 1 N–H and O–H groups in total. The van der Waals surface area contributed by atoms with Gasteiger partial charge in [0.15, 0.2) is 5.17 Å². The summed E-state index contributed by atoms with van der Waals surface area (Å²) in [6, 6.07) is 20.7.